The van der Waals surface area contributed by atoms with Crippen molar-refractivity contribution in [2.75, 3.05) is 10.6 Å². The molecule has 4 nitrogen and oxygen atoms in total. The molecule has 3 N–H and O–H groups in total. The number of hydrogen-bond donors (Lipinski definition) is 3. The predicted molar refractivity (Wildman–Crippen MR) is 74.9 cm³/mol. The van der Waals surface area contributed by atoms with Gasteiger partial charge in [-0.25, -0.2) is 4.79 Å². The van der Waals surface area contributed by atoms with Gasteiger partial charge in [0.2, 0.25) is 0 Å². The van der Waals surface area contributed by atoms with Crippen molar-refractivity contribution in [3.63, 3.8) is 0 Å². The van der Waals surface area contributed by atoms with Crippen LogP contribution in [0.3, 0.4) is 0 Å². The highest BCUT2D eigenvalue weighted by atomic mass is 79.9. The first-order valence-corrected chi connectivity index (χ1v) is 6.05. The van der Waals surface area contributed by atoms with Crippen LogP contribution in [0, 0.1) is 0 Å². The number of carbonyl (C=O) groups is 1. The third-order valence-corrected chi connectivity index (χ3v) is 2.68. The lowest BCUT2D eigenvalue weighted by Crippen LogP contribution is -2.19. The van der Waals surface area contributed by atoms with Crippen LogP contribution in [0.4, 0.5) is 16.2 Å². The number of aromatic hydroxyl groups is 1. The number of hydrogen-bond acceptors (Lipinski definition) is 2. The number of carbonyl (C=O) groups excluding carboxylic acids is 1. The lowest BCUT2D eigenvalue weighted by molar-refractivity contribution is 0.262. The Hall–Kier alpha value is -2.01. The van der Waals surface area contributed by atoms with E-state index < -0.39 is 0 Å². The topological polar surface area (TPSA) is 61.4 Å². The van der Waals surface area contributed by atoms with E-state index in [-0.39, 0.29) is 11.8 Å². The highest BCUT2D eigenvalue weighted by Crippen LogP contribution is 2.17. The van der Waals surface area contributed by atoms with Crippen molar-refractivity contribution in [1.82, 2.24) is 0 Å². The van der Waals surface area contributed by atoms with Crippen LogP contribution >= 0.6 is 15.9 Å². The number of nitrogens with one attached hydrogen (secondary N) is 2. The number of urea groups is 1. The molecule has 2 amide bonds. The molecule has 0 spiro atoms. The van der Waals surface area contributed by atoms with Crippen LogP contribution in [0.1, 0.15) is 0 Å². The van der Waals surface area contributed by atoms with Crippen molar-refractivity contribution in [1.29, 1.82) is 0 Å². The molecule has 0 aliphatic carbocycles. The number of anilines is 2. The summed E-state index contributed by atoms with van der Waals surface area (Å²) in [4.78, 5) is 11.7. The van der Waals surface area contributed by atoms with Gasteiger partial charge >= 0.3 is 6.03 Å². The molecule has 0 unspecified atom stereocenters. The maximum Gasteiger partial charge on any atom is 0.323 e. The highest BCUT2D eigenvalue weighted by molar-refractivity contribution is 9.10. The molecular weight excluding hydrogens is 296 g/mol. The Labute approximate surface area is 113 Å². The fourth-order valence-corrected chi connectivity index (χ4v) is 1.84. The summed E-state index contributed by atoms with van der Waals surface area (Å²) in [5, 5.41) is 14.6. The smallest absolute Gasteiger partial charge is 0.323 e. The van der Waals surface area contributed by atoms with Crippen LogP contribution in [0.2, 0.25) is 0 Å². The maximum atomic E-state index is 11.7. The van der Waals surface area contributed by atoms with Crippen molar-refractivity contribution in [3.05, 3.63) is 53.0 Å². The second kappa shape index (κ2) is 5.55. The van der Waals surface area contributed by atoms with Crippen molar-refractivity contribution in [2.45, 2.75) is 0 Å². The molecule has 0 aliphatic rings. The number of amides is 2. The van der Waals surface area contributed by atoms with Crippen LogP contribution in [-0.2, 0) is 0 Å². The molecule has 0 saturated carbocycles. The molecular formula is C13H11BrN2O2. The first-order valence-electron chi connectivity index (χ1n) is 5.26. The molecule has 0 saturated heterocycles. The summed E-state index contributed by atoms with van der Waals surface area (Å²) in [5.41, 5.74) is 1.21. The Bertz CT molecular complexity index is 523. The van der Waals surface area contributed by atoms with E-state index in [0.717, 1.165) is 4.47 Å². The molecule has 5 heteroatoms. The Morgan fingerprint density at radius 2 is 1.61 bits per heavy atom. The quantitative estimate of drug-likeness (QED) is 0.790. The summed E-state index contributed by atoms with van der Waals surface area (Å²) in [5.74, 6) is 0.107. The molecule has 0 aromatic heterocycles. The van der Waals surface area contributed by atoms with E-state index in [1.807, 2.05) is 12.1 Å². The molecule has 2 aromatic rings. The Morgan fingerprint density at radius 1 is 1.00 bits per heavy atom. The van der Waals surface area contributed by atoms with Gasteiger partial charge in [0.05, 0.1) is 0 Å². The van der Waals surface area contributed by atoms with Gasteiger partial charge in [-0.05, 0) is 30.3 Å². The monoisotopic (exact) mass is 306 g/mol. The molecule has 0 atom stereocenters. The number of phenolic OH excluding ortho intramolecular Hbond substituents is 1. The third kappa shape index (κ3) is 3.49. The Kier molecular flexibility index (Phi) is 3.84. The first kappa shape index (κ1) is 12.4. The van der Waals surface area contributed by atoms with Gasteiger partial charge in [0, 0.05) is 21.9 Å². The van der Waals surface area contributed by atoms with Gasteiger partial charge < -0.3 is 15.7 Å². The van der Waals surface area contributed by atoms with Gasteiger partial charge in [-0.2, -0.15) is 0 Å². The predicted octanol–water partition coefficient (Wildman–Crippen LogP) is 3.80. The van der Waals surface area contributed by atoms with E-state index in [9.17, 15) is 9.90 Å². The van der Waals surface area contributed by atoms with Gasteiger partial charge in [0.1, 0.15) is 5.75 Å². The number of rotatable bonds is 2. The summed E-state index contributed by atoms with van der Waals surface area (Å²) in [7, 11) is 0. The van der Waals surface area contributed by atoms with Crippen LogP contribution < -0.4 is 10.6 Å². The molecule has 0 heterocycles. The zero-order chi connectivity index (χ0) is 13.0. The first-order chi connectivity index (χ1) is 8.63. The van der Waals surface area contributed by atoms with E-state index in [0.29, 0.717) is 11.4 Å². The van der Waals surface area contributed by atoms with Crippen molar-refractivity contribution < 1.29 is 9.90 Å². The van der Waals surface area contributed by atoms with Gasteiger partial charge in [0.25, 0.3) is 0 Å². The standard InChI is InChI=1S/C13H11BrN2O2/c14-9-3-1-4-10(7-9)15-13(18)16-11-5-2-6-12(17)8-11/h1-8,17H,(H2,15,16,18). The summed E-state index contributed by atoms with van der Waals surface area (Å²) in [6.07, 6.45) is 0. The van der Waals surface area contributed by atoms with Gasteiger partial charge in [-0.3, -0.25) is 0 Å². The van der Waals surface area contributed by atoms with E-state index in [2.05, 4.69) is 26.6 Å². The van der Waals surface area contributed by atoms with Gasteiger partial charge in [-0.1, -0.05) is 28.1 Å². The number of halogens is 1. The summed E-state index contributed by atoms with van der Waals surface area (Å²) in [6.45, 7) is 0. The van der Waals surface area contributed by atoms with Gasteiger partial charge in [0.15, 0.2) is 0 Å². The lowest BCUT2D eigenvalue weighted by atomic mass is 10.3. The second-order valence-corrected chi connectivity index (χ2v) is 4.56. The molecule has 2 rings (SSSR count). The third-order valence-electron chi connectivity index (χ3n) is 2.19. The number of phenols is 1. The van der Waals surface area contributed by atoms with Gasteiger partial charge in [-0.15, -0.1) is 0 Å². The van der Waals surface area contributed by atoms with Crippen molar-refractivity contribution >= 4 is 33.3 Å². The van der Waals surface area contributed by atoms with Crippen LogP contribution in [-0.4, -0.2) is 11.1 Å². The average Bonchev–Trinajstić information content (AvgIpc) is 2.28. The SMILES string of the molecule is O=C(Nc1cccc(O)c1)Nc1cccc(Br)c1. The van der Waals surface area contributed by atoms with E-state index in [1.54, 1.807) is 24.3 Å². The lowest BCUT2D eigenvalue weighted by Gasteiger charge is -2.08. The Morgan fingerprint density at radius 3 is 2.22 bits per heavy atom. The minimum atomic E-state index is -0.362. The van der Waals surface area contributed by atoms with E-state index in [4.69, 9.17) is 0 Å². The molecule has 2 aromatic carbocycles. The largest absolute Gasteiger partial charge is 0.508 e. The molecule has 0 bridgehead atoms. The zero-order valence-corrected chi connectivity index (χ0v) is 10.9. The van der Waals surface area contributed by atoms with Crippen LogP contribution in [0.25, 0.3) is 0 Å². The maximum absolute atomic E-state index is 11.7. The van der Waals surface area contributed by atoms with Crippen molar-refractivity contribution in [2.24, 2.45) is 0 Å². The average molecular weight is 307 g/mol. The molecule has 0 radical (unpaired) electrons. The summed E-state index contributed by atoms with van der Waals surface area (Å²) >= 11 is 3.32. The fraction of sp³-hybridized carbons (Fsp3) is 0. The second-order valence-electron chi connectivity index (χ2n) is 3.64. The highest BCUT2D eigenvalue weighted by Gasteiger charge is 2.03. The molecule has 18 heavy (non-hydrogen) atoms. The van der Waals surface area contributed by atoms with E-state index >= 15 is 0 Å². The molecule has 92 valence electrons. The number of benzene rings is 2. The van der Waals surface area contributed by atoms with Crippen molar-refractivity contribution in [3.8, 4) is 5.75 Å². The zero-order valence-electron chi connectivity index (χ0n) is 9.35. The fourth-order valence-electron chi connectivity index (χ4n) is 1.44. The van der Waals surface area contributed by atoms with E-state index in [1.165, 1.54) is 12.1 Å². The normalized spacial score (nSPS) is 9.83. The van der Waals surface area contributed by atoms with Crippen LogP contribution in [0.5, 0.6) is 5.75 Å². The molecule has 0 fully saturated rings. The minimum Gasteiger partial charge on any atom is -0.508 e. The summed E-state index contributed by atoms with van der Waals surface area (Å²) < 4.78 is 0.887. The summed E-state index contributed by atoms with van der Waals surface area (Å²) in [6, 6.07) is 13.3. The van der Waals surface area contributed by atoms with Crippen LogP contribution in [0.15, 0.2) is 53.0 Å². The molecule has 0 aliphatic heterocycles. The minimum absolute atomic E-state index is 0.107. The Balaban J connectivity index is 2.01.